The zero-order valence-corrected chi connectivity index (χ0v) is 19.2. The first-order chi connectivity index (χ1) is 17.0. The molecule has 9 nitrogen and oxygen atoms in total. The molecule has 178 valence electrons. The molecule has 0 spiro atoms. The highest BCUT2D eigenvalue weighted by molar-refractivity contribution is 6.02. The topological polar surface area (TPSA) is 115 Å². The molecule has 2 N–H and O–H groups in total. The van der Waals surface area contributed by atoms with Gasteiger partial charge in [0.2, 0.25) is 17.6 Å². The van der Waals surface area contributed by atoms with Crippen molar-refractivity contribution in [1.29, 1.82) is 0 Å². The van der Waals surface area contributed by atoms with E-state index in [0.29, 0.717) is 48.0 Å². The average molecular weight is 474 g/mol. The number of hydrogen-bond acceptors (Lipinski definition) is 7. The summed E-state index contributed by atoms with van der Waals surface area (Å²) in [6, 6.07) is 13.8. The maximum atomic E-state index is 14.3. The van der Waals surface area contributed by atoms with Crippen molar-refractivity contribution in [2.24, 2.45) is 0 Å². The summed E-state index contributed by atoms with van der Waals surface area (Å²) in [5.74, 6) is 0.372. The first-order valence-electron chi connectivity index (χ1n) is 11.2. The van der Waals surface area contributed by atoms with E-state index in [1.807, 2.05) is 19.1 Å². The molecule has 5 rings (SSSR count). The summed E-state index contributed by atoms with van der Waals surface area (Å²) in [6.07, 6.45) is 2.98. The van der Waals surface area contributed by atoms with Gasteiger partial charge >= 0.3 is 0 Å². The Hall–Kier alpha value is -4.34. The molecule has 0 bridgehead atoms. The monoisotopic (exact) mass is 474 g/mol. The van der Waals surface area contributed by atoms with E-state index in [1.54, 1.807) is 36.5 Å². The van der Waals surface area contributed by atoms with E-state index in [-0.39, 0.29) is 11.7 Å². The van der Waals surface area contributed by atoms with Crippen molar-refractivity contribution in [3.05, 3.63) is 66.1 Å². The van der Waals surface area contributed by atoms with Crippen LogP contribution in [0.15, 0.2) is 54.7 Å². The zero-order valence-electron chi connectivity index (χ0n) is 19.2. The van der Waals surface area contributed by atoms with Crippen molar-refractivity contribution in [1.82, 2.24) is 25.6 Å². The minimum absolute atomic E-state index is 0.147. The molecule has 0 atom stereocenters. The molecule has 1 fully saturated rings. The second kappa shape index (κ2) is 9.13. The van der Waals surface area contributed by atoms with Gasteiger partial charge in [0, 0.05) is 29.1 Å². The summed E-state index contributed by atoms with van der Waals surface area (Å²) in [4.78, 5) is 17.6. The lowest BCUT2D eigenvalue weighted by Crippen LogP contribution is -2.28. The van der Waals surface area contributed by atoms with Crippen molar-refractivity contribution < 1.29 is 18.7 Å². The van der Waals surface area contributed by atoms with E-state index in [1.165, 1.54) is 13.2 Å². The molecular weight excluding hydrogens is 451 g/mol. The number of carbonyl (C=O) groups is 1. The number of aromatic nitrogens is 5. The third kappa shape index (κ3) is 4.30. The van der Waals surface area contributed by atoms with Gasteiger partial charge < -0.3 is 14.8 Å². The first-order valence-corrected chi connectivity index (χ1v) is 11.2. The number of nitrogens with one attached hydrogen (secondary N) is 2. The summed E-state index contributed by atoms with van der Waals surface area (Å²) in [6.45, 7) is 2.42. The average Bonchev–Trinajstić information content (AvgIpc) is 3.51. The lowest BCUT2D eigenvalue weighted by molar-refractivity contribution is -0.118. The molecule has 2 heterocycles. The number of anilines is 1. The van der Waals surface area contributed by atoms with E-state index in [0.717, 1.165) is 11.1 Å². The highest BCUT2D eigenvalue weighted by Gasteiger charge is 2.51. The Morgan fingerprint density at radius 1 is 1.14 bits per heavy atom. The molecule has 0 radical (unpaired) electrons. The highest BCUT2D eigenvalue weighted by Crippen LogP contribution is 2.49. The number of benzene rings is 2. The lowest BCUT2D eigenvalue weighted by atomic mass is 9.94. The van der Waals surface area contributed by atoms with Crippen LogP contribution in [0.4, 0.5) is 10.1 Å². The molecule has 1 aliphatic rings. The van der Waals surface area contributed by atoms with Crippen molar-refractivity contribution in [3.8, 4) is 34.1 Å². The molecule has 1 saturated carbocycles. The number of tetrazole rings is 1. The second-order valence-electron chi connectivity index (χ2n) is 8.20. The molecule has 0 aliphatic heterocycles. The predicted octanol–water partition coefficient (Wildman–Crippen LogP) is 4.15. The van der Waals surface area contributed by atoms with Gasteiger partial charge in [-0.1, -0.05) is 12.1 Å². The Balaban J connectivity index is 1.44. The van der Waals surface area contributed by atoms with Crippen LogP contribution in [0.2, 0.25) is 0 Å². The third-order valence-corrected chi connectivity index (χ3v) is 6.09. The molecular formula is C25H23FN6O3. The predicted molar refractivity (Wildman–Crippen MR) is 127 cm³/mol. The number of rotatable bonds is 8. The van der Waals surface area contributed by atoms with Crippen LogP contribution in [0.5, 0.6) is 11.6 Å². The SMILES string of the molecule is CCOc1ccc(-c2ccc(NC(=O)C3(c4ccc(OC)c(F)c4)CC3)cc2-c2nn[nH]n2)cn1. The molecule has 0 saturated heterocycles. The van der Waals surface area contributed by atoms with Crippen LogP contribution < -0.4 is 14.8 Å². The van der Waals surface area contributed by atoms with Gasteiger partial charge in [0.05, 0.1) is 19.1 Å². The minimum Gasteiger partial charge on any atom is -0.494 e. The molecule has 35 heavy (non-hydrogen) atoms. The molecule has 2 aromatic heterocycles. The van der Waals surface area contributed by atoms with Gasteiger partial charge in [0.15, 0.2) is 11.6 Å². The quantitative estimate of drug-likeness (QED) is 0.394. The minimum atomic E-state index is -0.767. The van der Waals surface area contributed by atoms with Gasteiger partial charge in [-0.3, -0.25) is 4.79 Å². The maximum Gasteiger partial charge on any atom is 0.235 e. The molecule has 1 amide bonds. The third-order valence-electron chi connectivity index (χ3n) is 6.09. The van der Waals surface area contributed by atoms with Gasteiger partial charge in [-0.25, -0.2) is 9.37 Å². The smallest absolute Gasteiger partial charge is 0.235 e. The molecule has 10 heteroatoms. The van der Waals surface area contributed by atoms with Gasteiger partial charge in [0.1, 0.15) is 0 Å². The van der Waals surface area contributed by atoms with Crippen LogP contribution in [0.3, 0.4) is 0 Å². The molecule has 2 aromatic carbocycles. The number of halogens is 1. The zero-order chi connectivity index (χ0) is 24.4. The first kappa shape index (κ1) is 22.5. The van der Waals surface area contributed by atoms with Crippen LogP contribution in [-0.2, 0) is 10.2 Å². The van der Waals surface area contributed by atoms with Crippen molar-refractivity contribution in [3.63, 3.8) is 0 Å². The van der Waals surface area contributed by atoms with Crippen LogP contribution in [0, 0.1) is 5.82 Å². The van der Waals surface area contributed by atoms with E-state index in [9.17, 15) is 9.18 Å². The Morgan fingerprint density at radius 3 is 2.63 bits per heavy atom. The van der Waals surface area contributed by atoms with E-state index in [4.69, 9.17) is 9.47 Å². The molecule has 4 aromatic rings. The number of methoxy groups -OCH3 is 1. The van der Waals surface area contributed by atoms with Gasteiger partial charge in [-0.2, -0.15) is 5.21 Å². The highest BCUT2D eigenvalue weighted by atomic mass is 19.1. The number of H-pyrrole nitrogens is 1. The summed E-state index contributed by atoms with van der Waals surface area (Å²) < 4.78 is 24.7. The van der Waals surface area contributed by atoms with Crippen LogP contribution in [0.1, 0.15) is 25.3 Å². The Morgan fingerprint density at radius 2 is 2.00 bits per heavy atom. The molecule has 0 unspecified atom stereocenters. The fourth-order valence-electron chi connectivity index (χ4n) is 4.09. The summed E-state index contributed by atoms with van der Waals surface area (Å²) in [5.41, 5.74) is 2.75. The Bertz CT molecular complexity index is 1350. The normalized spacial score (nSPS) is 13.8. The number of ether oxygens (including phenoxy) is 2. The van der Waals surface area contributed by atoms with Crippen molar-refractivity contribution in [2.45, 2.75) is 25.2 Å². The Labute approximate surface area is 200 Å². The molecule has 1 aliphatic carbocycles. The number of amides is 1. The summed E-state index contributed by atoms with van der Waals surface area (Å²) in [7, 11) is 1.41. The van der Waals surface area contributed by atoms with Gasteiger partial charge in [-0.15, -0.1) is 10.2 Å². The second-order valence-corrected chi connectivity index (χ2v) is 8.20. The largest absolute Gasteiger partial charge is 0.494 e. The number of pyridine rings is 1. The lowest BCUT2D eigenvalue weighted by Gasteiger charge is -2.17. The van der Waals surface area contributed by atoms with Crippen LogP contribution in [0.25, 0.3) is 22.5 Å². The van der Waals surface area contributed by atoms with Gasteiger partial charge in [-0.05, 0) is 66.4 Å². The number of aromatic amines is 1. The number of nitrogens with zero attached hydrogens (tertiary/aromatic N) is 4. The van der Waals surface area contributed by atoms with E-state index >= 15 is 0 Å². The Kier molecular flexibility index (Phi) is 5.86. The summed E-state index contributed by atoms with van der Waals surface area (Å²) >= 11 is 0. The fourth-order valence-corrected chi connectivity index (χ4v) is 4.09. The van der Waals surface area contributed by atoms with Gasteiger partial charge in [0.25, 0.3) is 0 Å². The van der Waals surface area contributed by atoms with E-state index < -0.39 is 11.2 Å². The fraction of sp³-hybridized carbons (Fsp3) is 0.240. The standard InChI is InChI=1S/C25H23FN6O3/c1-3-35-22-9-4-15(14-27-22)18-7-6-17(13-19(18)23-29-31-32-30-23)28-24(33)25(10-11-25)16-5-8-21(34-2)20(26)12-16/h4-9,12-14H,3,10-11H2,1-2H3,(H,28,33)(H,29,30,31,32). The van der Waals surface area contributed by atoms with Crippen molar-refractivity contribution >= 4 is 11.6 Å². The van der Waals surface area contributed by atoms with Crippen LogP contribution >= 0.6 is 0 Å². The number of hydrogen-bond donors (Lipinski definition) is 2. The summed E-state index contributed by atoms with van der Waals surface area (Å²) in [5, 5.41) is 17.3. The maximum absolute atomic E-state index is 14.3. The van der Waals surface area contributed by atoms with Crippen molar-refractivity contribution in [2.75, 3.05) is 19.0 Å². The number of carbonyl (C=O) groups excluding carboxylic acids is 1. The van der Waals surface area contributed by atoms with E-state index in [2.05, 4.69) is 30.9 Å². The van der Waals surface area contributed by atoms with Crippen LogP contribution in [-0.4, -0.2) is 45.2 Å².